The Balaban J connectivity index is 0. The van der Waals surface area contributed by atoms with Crippen LogP contribution in [0.5, 0.6) is 0 Å². The molecule has 3 nitrogen and oxygen atoms in total. The van der Waals surface area contributed by atoms with Crippen molar-refractivity contribution in [3.05, 3.63) is 0 Å². The molecule has 0 atom stereocenters. The first-order valence-electron chi connectivity index (χ1n) is 0.565. The number of hydrogen-bond donors (Lipinski definition) is 1. The van der Waals surface area contributed by atoms with Crippen LogP contribution in [0.4, 0.5) is 0 Å². The zero-order valence-corrected chi connectivity index (χ0v) is 4.41. The van der Waals surface area contributed by atoms with Gasteiger partial charge in [-0.05, 0) is 0 Å². The summed E-state index contributed by atoms with van der Waals surface area (Å²) in [5.41, 5.74) is 0. The van der Waals surface area contributed by atoms with E-state index < -0.39 is 15.4 Å². The first kappa shape index (κ1) is 9.16. The molecule has 0 aliphatic heterocycles. The molecule has 0 aliphatic rings. The fourth-order valence-electron chi connectivity index (χ4n) is 0. The van der Waals surface area contributed by atoms with Gasteiger partial charge >= 0.3 is 26.8 Å². The molecule has 0 rings (SSSR count). The van der Waals surface area contributed by atoms with Gasteiger partial charge in [-0.15, -0.1) is 0 Å². The van der Waals surface area contributed by atoms with Crippen molar-refractivity contribution < 1.29 is 43.3 Å². The third-order valence-electron chi connectivity index (χ3n) is 0. The van der Waals surface area contributed by atoms with Gasteiger partial charge < -0.3 is 0 Å². The Hall–Kier alpha value is 0.638. The Kier molecular flexibility index (Phi) is 8.50. The van der Waals surface area contributed by atoms with Crippen molar-refractivity contribution in [1.29, 1.82) is 0 Å². The molecule has 5 heavy (non-hydrogen) atoms. The first-order chi connectivity index (χ1) is 1.73. The van der Waals surface area contributed by atoms with Crippen LogP contribution in [0.3, 0.4) is 0 Å². The van der Waals surface area contributed by atoms with Gasteiger partial charge in [-0.1, -0.05) is 0 Å². The summed E-state index contributed by atoms with van der Waals surface area (Å²) in [5, 5.41) is 0. The second kappa shape index (κ2) is 4.64. The number of rotatable bonds is 0. The van der Waals surface area contributed by atoms with Gasteiger partial charge in [0.1, 0.15) is 0 Å². The van der Waals surface area contributed by atoms with Gasteiger partial charge in [-0.2, -0.15) is 0 Å². The van der Waals surface area contributed by atoms with Crippen LogP contribution in [0.25, 0.3) is 0 Å². The van der Waals surface area contributed by atoms with Gasteiger partial charge in [0.15, 0.2) is 0 Å². The van der Waals surface area contributed by atoms with E-state index in [-0.39, 0.29) is 16.5 Å². The molecule has 0 saturated carbocycles. The monoisotopic (exact) mass is 158 g/mol. The molecule has 34 valence electrons. The van der Waals surface area contributed by atoms with Gasteiger partial charge in [0.2, 0.25) is 0 Å². The average molecular weight is 159 g/mol. The molecule has 0 aromatic carbocycles. The Morgan fingerprint density at radius 3 is 1.40 bits per heavy atom. The summed E-state index contributed by atoms with van der Waals surface area (Å²) in [6.07, 6.45) is 0. The zero-order valence-electron chi connectivity index (χ0n) is 2.03. The van der Waals surface area contributed by atoms with Gasteiger partial charge in [0.05, 0.1) is 0 Å². The predicted molar refractivity (Wildman–Crippen MR) is 3.59 cm³/mol. The van der Waals surface area contributed by atoms with Crippen LogP contribution in [0.1, 0.15) is 0 Å². The molecule has 0 bridgehead atoms. The molecular formula is HNiO3V. The molecular weight excluding hydrogens is 158 g/mol. The molecule has 5 heteroatoms. The van der Waals surface area contributed by atoms with Crippen LogP contribution in [-0.2, 0) is 39.2 Å². The summed E-state index contributed by atoms with van der Waals surface area (Å²) in [6, 6.07) is 0. The first-order valence-corrected chi connectivity index (χ1v) is 2.33. The van der Waals surface area contributed by atoms with E-state index >= 15 is 0 Å². The van der Waals surface area contributed by atoms with Crippen molar-refractivity contribution >= 4 is 0 Å². The molecule has 0 fully saturated rings. The second-order valence-electron chi connectivity index (χ2n) is 0.238. The molecule has 0 saturated heterocycles. The third kappa shape index (κ3) is 79.3. The topological polar surface area (TPSA) is 54.4 Å². The molecule has 0 heterocycles. The van der Waals surface area contributed by atoms with Gasteiger partial charge in [0.25, 0.3) is 0 Å². The van der Waals surface area contributed by atoms with E-state index in [9.17, 15) is 0 Å². The van der Waals surface area contributed by atoms with Crippen LogP contribution in [0.15, 0.2) is 0 Å². The Bertz CT molecular complexity index is 55.3. The molecule has 0 amide bonds. The molecule has 0 aliphatic carbocycles. The Labute approximate surface area is 43.7 Å². The molecule has 0 aromatic heterocycles. The third-order valence-corrected chi connectivity index (χ3v) is 0. The fraction of sp³-hybridized carbons (Fsp3) is 0. The minimum atomic E-state index is -3.69. The SMILES string of the molecule is [Ni].[O]=[V](=[O])[OH]. The van der Waals surface area contributed by atoms with Crippen molar-refractivity contribution in [1.82, 2.24) is 0 Å². The van der Waals surface area contributed by atoms with E-state index in [1.807, 2.05) is 0 Å². The molecule has 0 spiro atoms. The van der Waals surface area contributed by atoms with E-state index in [0.717, 1.165) is 0 Å². The van der Waals surface area contributed by atoms with E-state index in [1.54, 1.807) is 0 Å². The van der Waals surface area contributed by atoms with Crippen LogP contribution in [0, 0.1) is 0 Å². The van der Waals surface area contributed by atoms with Crippen LogP contribution >= 0.6 is 0 Å². The summed E-state index contributed by atoms with van der Waals surface area (Å²) in [5.74, 6) is 0. The van der Waals surface area contributed by atoms with E-state index in [4.69, 9.17) is 11.4 Å². The zero-order chi connectivity index (χ0) is 3.58. The minimum absolute atomic E-state index is 0. The number of hydrogen-bond acceptors (Lipinski definition) is 2. The van der Waals surface area contributed by atoms with Crippen molar-refractivity contribution in [2.75, 3.05) is 0 Å². The molecule has 0 unspecified atom stereocenters. The van der Waals surface area contributed by atoms with Gasteiger partial charge in [0, 0.05) is 16.5 Å². The van der Waals surface area contributed by atoms with Crippen molar-refractivity contribution in [2.45, 2.75) is 0 Å². The molecule has 0 radical (unpaired) electrons. The summed E-state index contributed by atoms with van der Waals surface area (Å²) >= 11 is -3.69. The quantitative estimate of drug-likeness (QED) is 0.470. The van der Waals surface area contributed by atoms with E-state index in [0.29, 0.717) is 0 Å². The average Bonchev–Trinajstić information content (AvgIpc) is 0.811. The van der Waals surface area contributed by atoms with E-state index in [1.165, 1.54) is 0 Å². The summed E-state index contributed by atoms with van der Waals surface area (Å²) in [7, 11) is 0. The fourth-order valence-corrected chi connectivity index (χ4v) is 0. The van der Waals surface area contributed by atoms with Crippen LogP contribution < -0.4 is 0 Å². The summed E-state index contributed by atoms with van der Waals surface area (Å²) < 4.78 is 24.4. The van der Waals surface area contributed by atoms with E-state index in [2.05, 4.69) is 0 Å². The van der Waals surface area contributed by atoms with Crippen molar-refractivity contribution in [3.63, 3.8) is 0 Å². The maximum absolute atomic E-state index is 8.67. The standard InChI is InChI=1S/Ni.H2O.2O.V/h;1H2;;;/q;;;;+1/p-1. The summed E-state index contributed by atoms with van der Waals surface area (Å²) in [4.78, 5) is 0. The summed E-state index contributed by atoms with van der Waals surface area (Å²) in [6.45, 7) is 0. The molecule has 1 N–H and O–H groups in total. The predicted octanol–water partition coefficient (Wildman–Crippen LogP) is -0.800. The normalized spacial score (nSPS) is 5.00. The Morgan fingerprint density at radius 2 is 1.40 bits per heavy atom. The van der Waals surface area contributed by atoms with Crippen molar-refractivity contribution in [3.8, 4) is 0 Å². The van der Waals surface area contributed by atoms with Gasteiger partial charge in [-0.3, -0.25) is 0 Å². The van der Waals surface area contributed by atoms with Crippen LogP contribution in [-0.4, -0.2) is 4.03 Å². The van der Waals surface area contributed by atoms with Crippen LogP contribution in [0.2, 0.25) is 0 Å². The Morgan fingerprint density at radius 1 is 1.40 bits per heavy atom. The van der Waals surface area contributed by atoms with Gasteiger partial charge in [-0.25, -0.2) is 0 Å². The second-order valence-corrected chi connectivity index (χ2v) is 0.981. The maximum atomic E-state index is 8.67. The van der Waals surface area contributed by atoms with Crippen molar-refractivity contribution in [2.24, 2.45) is 0 Å². The molecule has 0 aromatic rings.